The van der Waals surface area contributed by atoms with Gasteiger partial charge in [0.2, 0.25) is 0 Å². The molecule has 1 aliphatic rings. The normalized spacial score (nSPS) is 19.8. The molecule has 0 aromatic carbocycles. The van der Waals surface area contributed by atoms with E-state index < -0.39 is 17.7 Å². The van der Waals surface area contributed by atoms with E-state index in [4.69, 9.17) is 4.74 Å². The fourth-order valence-corrected chi connectivity index (χ4v) is 3.16. The third kappa shape index (κ3) is 6.80. The minimum absolute atomic E-state index is 0.0332. The molecule has 5 nitrogen and oxygen atoms in total. The van der Waals surface area contributed by atoms with Crippen molar-refractivity contribution in [2.75, 3.05) is 13.1 Å². The molecule has 1 saturated heterocycles. The van der Waals surface area contributed by atoms with Crippen LogP contribution in [0.25, 0.3) is 0 Å². The van der Waals surface area contributed by atoms with Crippen LogP contribution in [0.1, 0.15) is 74.1 Å². The second-order valence-electron chi connectivity index (χ2n) is 8.69. The maximum Gasteiger partial charge on any atom is 0.408 e. The summed E-state index contributed by atoms with van der Waals surface area (Å²) < 4.78 is 5.27. The summed E-state index contributed by atoms with van der Waals surface area (Å²) in [4.78, 5) is 27.1. The van der Waals surface area contributed by atoms with E-state index in [-0.39, 0.29) is 11.2 Å². The number of alkyl carbamates (subject to hydrolysis) is 1. The van der Waals surface area contributed by atoms with Gasteiger partial charge >= 0.3 is 6.09 Å². The maximum atomic E-state index is 12.7. The van der Waals surface area contributed by atoms with E-state index in [0.29, 0.717) is 18.9 Å². The van der Waals surface area contributed by atoms with Gasteiger partial charge in [0.25, 0.3) is 0 Å². The number of piperidine rings is 1. The molecule has 5 heteroatoms. The largest absolute Gasteiger partial charge is 0.444 e. The number of hydrogen-bond donors (Lipinski definition) is 1. The van der Waals surface area contributed by atoms with Crippen molar-refractivity contribution in [1.82, 2.24) is 10.2 Å². The third-order valence-corrected chi connectivity index (χ3v) is 4.82. The Morgan fingerprint density at radius 2 is 1.75 bits per heavy atom. The first-order valence-electron chi connectivity index (χ1n) is 9.22. The number of carbonyl (C=O) groups excluding carboxylic acids is 2. The SMILES string of the molecule is CCC(NC(=O)OC(C)(C)C)C(=O)CC1(C)CCN(C(C)C)CC1. The molecule has 1 heterocycles. The molecule has 0 bridgehead atoms. The second kappa shape index (κ2) is 8.32. The molecule has 1 fully saturated rings. The summed E-state index contributed by atoms with van der Waals surface area (Å²) in [6, 6.07) is 0.0993. The highest BCUT2D eigenvalue weighted by atomic mass is 16.6. The van der Waals surface area contributed by atoms with Gasteiger partial charge in [-0.25, -0.2) is 4.79 Å². The Hall–Kier alpha value is -1.10. The maximum absolute atomic E-state index is 12.7. The first-order valence-corrected chi connectivity index (χ1v) is 9.22. The molecule has 1 aliphatic heterocycles. The Morgan fingerprint density at radius 1 is 1.21 bits per heavy atom. The monoisotopic (exact) mass is 340 g/mol. The summed E-state index contributed by atoms with van der Waals surface area (Å²) in [5.41, 5.74) is -0.521. The molecule has 0 aliphatic carbocycles. The van der Waals surface area contributed by atoms with E-state index in [0.717, 1.165) is 25.9 Å². The minimum Gasteiger partial charge on any atom is -0.444 e. The first-order chi connectivity index (χ1) is 11.0. The van der Waals surface area contributed by atoms with Gasteiger partial charge in [-0.3, -0.25) is 4.79 Å². The van der Waals surface area contributed by atoms with Crippen molar-refractivity contribution in [2.24, 2.45) is 5.41 Å². The number of amides is 1. The van der Waals surface area contributed by atoms with Crippen LogP contribution < -0.4 is 5.32 Å². The van der Waals surface area contributed by atoms with Crippen molar-refractivity contribution in [3.63, 3.8) is 0 Å². The predicted molar refractivity (Wildman–Crippen MR) is 97.1 cm³/mol. The molecule has 1 unspecified atom stereocenters. The molecule has 140 valence electrons. The van der Waals surface area contributed by atoms with E-state index in [1.807, 2.05) is 27.7 Å². The van der Waals surface area contributed by atoms with E-state index in [1.54, 1.807) is 0 Å². The lowest BCUT2D eigenvalue weighted by atomic mass is 9.75. The number of nitrogens with zero attached hydrogens (tertiary/aromatic N) is 1. The molecule has 0 spiro atoms. The van der Waals surface area contributed by atoms with Gasteiger partial charge in [0.15, 0.2) is 5.78 Å². The number of likely N-dealkylation sites (tertiary alicyclic amines) is 1. The van der Waals surface area contributed by atoms with Crippen LogP contribution in [0.5, 0.6) is 0 Å². The van der Waals surface area contributed by atoms with Gasteiger partial charge in [0, 0.05) is 12.5 Å². The Labute approximate surface area is 147 Å². The number of hydrogen-bond acceptors (Lipinski definition) is 4. The van der Waals surface area contributed by atoms with Crippen LogP contribution in [0.3, 0.4) is 0 Å². The summed E-state index contributed by atoms with van der Waals surface area (Å²) in [6.07, 6.45) is 2.65. The molecule has 1 amide bonds. The van der Waals surface area contributed by atoms with Gasteiger partial charge in [0.05, 0.1) is 6.04 Å². The third-order valence-electron chi connectivity index (χ3n) is 4.82. The zero-order valence-corrected chi connectivity index (χ0v) is 16.6. The fraction of sp³-hybridized carbons (Fsp3) is 0.895. The summed E-state index contributed by atoms with van der Waals surface area (Å²) in [5, 5.41) is 2.74. The highest BCUT2D eigenvalue weighted by molar-refractivity contribution is 5.87. The number of Topliss-reactive ketones (excluding diaryl/α,β-unsaturated/α-hetero) is 1. The number of ketones is 1. The summed E-state index contributed by atoms with van der Waals surface area (Å²) in [5.74, 6) is 0.115. The average molecular weight is 341 g/mol. The van der Waals surface area contributed by atoms with Gasteiger partial charge in [0.1, 0.15) is 5.60 Å². The van der Waals surface area contributed by atoms with Crippen molar-refractivity contribution in [3.05, 3.63) is 0 Å². The van der Waals surface area contributed by atoms with Crippen LogP contribution in [0, 0.1) is 5.41 Å². The number of rotatable bonds is 6. The topological polar surface area (TPSA) is 58.6 Å². The summed E-state index contributed by atoms with van der Waals surface area (Å²) >= 11 is 0. The zero-order chi connectivity index (χ0) is 18.5. The first kappa shape index (κ1) is 20.9. The van der Waals surface area contributed by atoms with Crippen LogP contribution in [0.4, 0.5) is 4.79 Å². The van der Waals surface area contributed by atoms with Gasteiger partial charge in [-0.1, -0.05) is 13.8 Å². The van der Waals surface area contributed by atoms with E-state index in [1.165, 1.54) is 0 Å². The molecule has 0 aromatic heterocycles. The van der Waals surface area contributed by atoms with Gasteiger partial charge < -0.3 is 15.0 Å². The van der Waals surface area contributed by atoms with Crippen molar-refractivity contribution < 1.29 is 14.3 Å². The van der Waals surface area contributed by atoms with Crippen LogP contribution in [0.15, 0.2) is 0 Å². The van der Waals surface area contributed by atoms with Gasteiger partial charge in [-0.2, -0.15) is 0 Å². The van der Waals surface area contributed by atoms with Crippen molar-refractivity contribution >= 4 is 11.9 Å². The van der Waals surface area contributed by atoms with Gasteiger partial charge in [-0.05, 0) is 72.4 Å². The minimum atomic E-state index is -0.554. The number of ether oxygens (including phenoxy) is 1. The molecule has 1 atom stereocenters. The molecule has 0 radical (unpaired) electrons. The molecule has 0 saturated carbocycles. The quantitative estimate of drug-likeness (QED) is 0.800. The number of carbonyl (C=O) groups is 2. The number of nitrogens with one attached hydrogen (secondary N) is 1. The lowest BCUT2D eigenvalue weighted by Crippen LogP contribution is -2.47. The lowest BCUT2D eigenvalue weighted by molar-refractivity contribution is -0.124. The predicted octanol–water partition coefficient (Wildman–Crippen LogP) is 3.76. The van der Waals surface area contributed by atoms with Crippen molar-refractivity contribution in [3.8, 4) is 0 Å². The van der Waals surface area contributed by atoms with E-state index in [2.05, 4.69) is 31.0 Å². The van der Waals surface area contributed by atoms with Crippen LogP contribution in [-0.2, 0) is 9.53 Å². The summed E-state index contributed by atoms with van der Waals surface area (Å²) in [7, 11) is 0. The van der Waals surface area contributed by atoms with E-state index >= 15 is 0 Å². The molecule has 1 N–H and O–H groups in total. The molecular formula is C19H36N2O3. The standard InChI is InChI=1S/C19H36N2O3/c1-8-15(20-17(23)24-18(4,5)6)16(22)13-19(7)9-11-21(12-10-19)14(2)3/h14-15H,8-13H2,1-7H3,(H,20,23). The Morgan fingerprint density at radius 3 is 2.17 bits per heavy atom. The van der Waals surface area contributed by atoms with Crippen LogP contribution in [0.2, 0.25) is 0 Å². The van der Waals surface area contributed by atoms with Crippen molar-refractivity contribution in [2.45, 2.75) is 91.8 Å². The molecular weight excluding hydrogens is 304 g/mol. The Balaban J connectivity index is 2.56. The Bertz CT molecular complexity index is 432. The lowest BCUT2D eigenvalue weighted by Gasteiger charge is -2.41. The smallest absolute Gasteiger partial charge is 0.408 e. The molecule has 1 rings (SSSR count). The average Bonchev–Trinajstić information content (AvgIpc) is 2.42. The summed E-state index contributed by atoms with van der Waals surface area (Å²) in [6.45, 7) is 16.1. The van der Waals surface area contributed by atoms with E-state index in [9.17, 15) is 9.59 Å². The van der Waals surface area contributed by atoms with Crippen molar-refractivity contribution in [1.29, 1.82) is 0 Å². The fourth-order valence-electron chi connectivity index (χ4n) is 3.16. The Kier molecular flexibility index (Phi) is 7.26. The molecule has 0 aromatic rings. The second-order valence-corrected chi connectivity index (χ2v) is 8.69. The highest BCUT2D eigenvalue weighted by Gasteiger charge is 2.35. The molecule has 24 heavy (non-hydrogen) atoms. The van der Waals surface area contributed by atoms with Crippen LogP contribution in [-0.4, -0.2) is 47.6 Å². The van der Waals surface area contributed by atoms with Crippen LogP contribution >= 0.6 is 0 Å². The van der Waals surface area contributed by atoms with Gasteiger partial charge in [-0.15, -0.1) is 0 Å². The highest BCUT2D eigenvalue weighted by Crippen LogP contribution is 2.35. The zero-order valence-electron chi connectivity index (χ0n) is 16.6.